The highest BCUT2D eigenvalue weighted by Gasteiger charge is 2.14. The Balaban J connectivity index is 2.17. The number of rotatable bonds is 4. The summed E-state index contributed by atoms with van der Waals surface area (Å²) >= 11 is 1.61. The molecule has 0 N–H and O–H groups in total. The fourth-order valence-corrected chi connectivity index (χ4v) is 2.81. The molecule has 3 nitrogen and oxygen atoms in total. The smallest absolute Gasteiger partial charge is 0.0989 e. The van der Waals surface area contributed by atoms with Gasteiger partial charge >= 0.3 is 0 Å². The van der Waals surface area contributed by atoms with Gasteiger partial charge in [0.25, 0.3) is 0 Å². The largest absolute Gasteiger partial charge is 0.265 e. The molecule has 0 aliphatic rings. The summed E-state index contributed by atoms with van der Waals surface area (Å²) < 4.78 is 0. The highest BCUT2D eigenvalue weighted by molar-refractivity contribution is 7.13. The summed E-state index contributed by atoms with van der Waals surface area (Å²) in [6, 6.07) is 6.22. The van der Waals surface area contributed by atoms with Crippen LogP contribution in [0.25, 0.3) is 21.6 Å². The minimum Gasteiger partial charge on any atom is -0.265 e. The third-order valence-electron chi connectivity index (χ3n) is 3.65. The molecule has 0 bridgehead atoms. The van der Waals surface area contributed by atoms with E-state index in [-0.39, 0.29) is 0 Å². The van der Waals surface area contributed by atoms with Crippen molar-refractivity contribution in [1.29, 1.82) is 0 Å². The SMILES string of the molecule is CCC(C)c1cc(-c2ccncc2)c(-c2cncs2)[c]n1. The lowest BCUT2D eigenvalue weighted by atomic mass is 9.96. The van der Waals surface area contributed by atoms with Crippen LogP contribution in [0.3, 0.4) is 0 Å². The van der Waals surface area contributed by atoms with E-state index < -0.39 is 0 Å². The summed E-state index contributed by atoms with van der Waals surface area (Å²) in [5, 5.41) is 0. The summed E-state index contributed by atoms with van der Waals surface area (Å²) in [5.41, 5.74) is 6.21. The molecule has 3 heterocycles. The van der Waals surface area contributed by atoms with Gasteiger partial charge in [0.15, 0.2) is 0 Å². The van der Waals surface area contributed by atoms with Gasteiger partial charge in [0, 0.05) is 29.8 Å². The molecule has 0 spiro atoms. The molecular weight excluding hydrogens is 278 g/mol. The molecule has 1 atom stereocenters. The van der Waals surface area contributed by atoms with Crippen molar-refractivity contribution in [1.82, 2.24) is 15.0 Å². The number of aromatic nitrogens is 3. The zero-order valence-corrected chi connectivity index (χ0v) is 12.9. The zero-order chi connectivity index (χ0) is 14.7. The third kappa shape index (κ3) is 2.85. The Labute approximate surface area is 128 Å². The molecule has 0 amide bonds. The Morgan fingerprint density at radius 2 is 2.05 bits per heavy atom. The molecular formula is C17H16N3S. The van der Waals surface area contributed by atoms with Gasteiger partial charge in [-0.1, -0.05) is 13.8 Å². The second-order valence-corrected chi connectivity index (χ2v) is 5.88. The third-order valence-corrected chi connectivity index (χ3v) is 4.44. The normalized spacial score (nSPS) is 12.3. The molecule has 1 radical (unpaired) electrons. The molecule has 0 aromatic carbocycles. The Morgan fingerprint density at radius 1 is 1.24 bits per heavy atom. The Bertz CT molecular complexity index is 708. The van der Waals surface area contributed by atoms with Crippen molar-refractivity contribution in [3.8, 4) is 21.6 Å². The average molecular weight is 294 g/mol. The van der Waals surface area contributed by atoms with Crippen molar-refractivity contribution >= 4 is 11.3 Å². The Kier molecular flexibility index (Phi) is 4.06. The van der Waals surface area contributed by atoms with Crippen LogP contribution in [-0.4, -0.2) is 15.0 Å². The molecule has 105 valence electrons. The Hall–Kier alpha value is -2.07. The minimum atomic E-state index is 0.428. The van der Waals surface area contributed by atoms with Gasteiger partial charge in [-0.25, -0.2) is 0 Å². The minimum absolute atomic E-state index is 0.428. The van der Waals surface area contributed by atoms with E-state index >= 15 is 0 Å². The first-order chi connectivity index (χ1) is 10.3. The molecule has 21 heavy (non-hydrogen) atoms. The fraction of sp³-hybridized carbons (Fsp3) is 0.235. The molecule has 3 aromatic heterocycles. The van der Waals surface area contributed by atoms with E-state index in [1.54, 1.807) is 11.3 Å². The number of hydrogen-bond donors (Lipinski definition) is 0. The predicted octanol–water partition coefficient (Wildman–Crippen LogP) is 4.58. The predicted molar refractivity (Wildman–Crippen MR) is 86.1 cm³/mol. The van der Waals surface area contributed by atoms with Crippen LogP contribution in [0, 0.1) is 6.20 Å². The molecule has 1 unspecified atom stereocenters. The quantitative estimate of drug-likeness (QED) is 0.707. The van der Waals surface area contributed by atoms with Gasteiger partial charge in [-0.05, 0) is 41.7 Å². The van der Waals surface area contributed by atoms with Crippen LogP contribution in [-0.2, 0) is 0 Å². The molecule has 0 aliphatic heterocycles. The van der Waals surface area contributed by atoms with Gasteiger partial charge in [-0.2, -0.15) is 0 Å². The van der Waals surface area contributed by atoms with E-state index in [1.165, 1.54) is 0 Å². The highest BCUT2D eigenvalue weighted by atomic mass is 32.1. The molecule has 0 aliphatic carbocycles. The van der Waals surface area contributed by atoms with E-state index in [0.717, 1.165) is 33.7 Å². The maximum Gasteiger partial charge on any atom is 0.0989 e. The van der Waals surface area contributed by atoms with Crippen molar-refractivity contribution in [2.75, 3.05) is 0 Å². The lowest BCUT2D eigenvalue weighted by Crippen LogP contribution is -1.98. The molecule has 4 heteroatoms. The summed E-state index contributed by atoms with van der Waals surface area (Å²) in [6.07, 6.45) is 9.78. The van der Waals surface area contributed by atoms with Crippen LogP contribution in [0.5, 0.6) is 0 Å². The van der Waals surface area contributed by atoms with Gasteiger partial charge in [0.1, 0.15) is 0 Å². The van der Waals surface area contributed by atoms with E-state index in [1.807, 2.05) is 36.2 Å². The van der Waals surface area contributed by atoms with E-state index in [4.69, 9.17) is 0 Å². The maximum absolute atomic E-state index is 4.53. The van der Waals surface area contributed by atoms with Gasteiger partial charge in [0.05, 0.1) is 16.6 Å². The molecule has 0 saturated heterocycles. The second-order valence-electron chi connectivity index (χ2n) is 4.99. The monoisotopic (exact) mass is 294 g/mol. The van der Waals surface area contributed by atoms with Crippen LogP contribution in [0.1, 0.15) is 31.9 Å². The Morgan fingerprint density at radius 3 is 2.71 bits per heavy atom. The lowest BCUT2D eigenvalue weighted by Gasteiger charge is -2.13. The van der Waals surface area contributed by atoms with E-state index in [9.17, 15) is 0 Å². The van der Waals surface area contributed by atoms with Gasteiger partial charge in [-0.15, -0.1) is 11.3 Å². The summed E-state index contributed by atoms with van der Waals surface area (Å²) in [5.74, 6) is 0.428. The zero-order valence-electron chi connectivity index (χ0n) is 12.1. The van der Waals surface area contributed by atoms with Crippen LogP contribution in [0.2, 0.25) is 0 Å². The molecule has 3 aromatic rings. The van der Waals surface area contributed by atoms with Gasteiger partial charge < -0.3 is 0 Å². The van der Waals surface area contributed by atoms with Crippen LogP contribution < -0.4 is 0 Å². The second kappa shape index (κ2) is 6.14. The van der Waals surface area contributed by atoms with E-state index in [2.05, 4.69) is 41.1 Å². The van der Waals surface area contributed by atoms with Gasteiger partial charge in [0.2, 0.25) is 0 Å². The number of hydrogen-bond acceptors (Lipinski definition) is 4. The van der Waals surface area contributed by atoms with Crippen LogP contribution in [0.4, 0.5) is 0 Å². The fourth-order valence-electron chi connectivity index (χ4n) is 2.18. The standard InChI is InChI=1S/C17H16N3S/c1-3-12(2)16-8-14(13-4-6-18-7-5-13)15(9-20-16)17-10-19-11-21-17/h4-8,10-12H,3H2,1-2H3. The number of thiazole rings is 1. The van der Waals surface area contributed by atoms with Crippen LogP contribution >= 0.6 is 11.3 Å². The van der Waals surface area contributed by atoms with Crippen LogP contribution in [0.15, 0.2) is 42.3 Å². The van der Waals surface area contributed by atoms with Gasteiger partial charge in [-0.3, -0.25) is 15.0 Å². The lowest BCUT2D eigenvalue weighted by molar-refractivity contribution is 0.708. The summed E-state index contributed by atoms with van der Waals surface area (Å²) in [6.45, 7) is 4.37. The van der Waals surface area contributed by atoms with Crippen molar-refractivity contribution in [3.63, 3.8) is 0 Å². The highest BCUT2D eigenvalue weighted by Crippen LogP contribution is 2.34. The first-order valence-electron chi connectivity index (χ1n) is 7.01. The molecule has 0 saturated carbocycles. The van der Waals surface area contributed by atoms with Crippen molar-refractivity contribution in [2.24, 2.45) is 0 Å². The van der Waals surface area contributed by atoms with Crippen molar-refractivity contribution in [2.45, 2.75) is 26.2 Å². The summed E-state index contributed by atoms with van der Waals surface area (Å²) in [7, 11) is 0. The maximum atomic E-state index is 4.53. The molecule has 0 fully saturated rings. The number of pyridine rings is 2. The molecule has 3 rings (SSSR count). The summed E-state index contributed by atoms with van der Waals surface area (Å²) in [4.78, 5) is 13.9. The number of nitrogens with zero attached hydrogens (tertiary/aromatic N) is 3. The topological polar surface area (TPSA) is 38.7 Å². The van der Waals surface area contributed by atoms with Crippen molar-refractivity contribution in [3.05, 3.63) is 54.2 Å². The van der Waals surface area contributed by atoms with E-state index in [0.29, 0.717) is 5.92 Å². The van der Waals surface area contributed by atoms with Crippen molar-refractivity contribution < 1.29 is 0 Å². The first kappa shape index (κ1) is 13.9. The first-order valence-corrected chi connectivity index (χ1v) is 7.89. The average Bonchev–Trinajstić information content (AvgIpc) is 3.08.